The maximum atomic E-state index is 12.4. The standard InChI is InChI=1S/C18H26N2O3/c1-6-9-18(4,19)17(21)20-12(3)16-11(2)14-10-13(22-5)7-8-15(14)23-16/h7-8,10,12H,6,9,19H2,1-5H3,(H,20,21). The lowest BCUT2D eigenvalue weighted by Gasteiger charge is -2.25. The summed E-state index contributed by atoms with van der Waals surface area (Å²) in [4.78, 5) is 12.4. The summed E-state index contributed by atoms with van der Waals surface area (Å²) in [6.45, 7) is 7.66. The number of benzene rings is 1. The molecule has 0 aliphatic heterocycles. The van der Waals surface area contributed by atoms with Crippen LogP contribution in [0.2, 0.25) is 0 Å². The molecule has 2 unspecified atom stereocenters. The van der Waals surface area contributed by atoms with Gasteiger partial charge in [0, 0.05) is 10.9 Å². The lowest BCUT2D eigenvalue weighted by Crippen LogP contribution is -2.52. The van der Waals surface area contributed by atoms with E-state index in [2.05, 4.69) is 5.32 Å². The molecule has 126 valence electrons. The van der Waals surface area contributed by atoms with Crippen LogP contribution in [0.4, 0.5) is 0 Å². The van der Waals surface area contributed by atoms with Crippen molar-refractivity contribution in [3.05, 3.63) is 29.5 Å². The number of hydrogen-bond acceptors (Lipinski definition) is 4. The molecule has 0 aliphatic rings. The van der Waals surface area contributed by atoms with E-state index in [1.54, 1.807) is 14.0 Å². The Kier molecular flexibility index (Phi) is 5.00. The van der Waals surface area contributed by atoms with Gasteiger partial charge in [0.1, 0.15) is 17.1 Å². The number of fused-ring (bicyclic) bond motifs is 1. The molecule has 5 heteroatoms. The summed E-state index contributed by atoms with van der Waals surface area (Å²) >= 11 is 0. The highest BCUT2D eigenvalue weighted by atomic mass is 16.5. The van der Waals surface area contributed by atoms with E-state index < -0.39 is 5.54 Å². The molecular weight excluding hydrogens is 292 g/mol. The molecule has 1 aromatic carbocycles. The number of carbonyl (C=O) groups is 1. The third kappa shape index (κ3) is 3.50. The van der Waals surface area contributed by atoms with Crippen LogP contribution in [0.5, 0.6) is 5.75 Å². The highest BCUT2D eigenvalue weighted by Crippen LogP contribution is 2.32. The second-order valence-corrected chi connectivity index (χ2v) is 6.32. The number of amides is 1. The molecule has 2 atom stereocenters. The van der Waals surface area contributed by atoms with E-state index in [-0.39, 0.29) is 11.9 Å². The van der Waals surface area contributed by atoms with Gasteiger partial charge in [-0.2, -0.15) is 0 Å². The normalized spacial score (nSPS) is 15.2. The summed E-state index contributed by atoms with van der Waals surface area (Å²) in [6.07, 6.45) is 1.50. The van der Waals surface area contributed by atoms with Gasteiger partial charge in [0.25, 0.3) is 0 Å². The van der Waals surface area contributed by atoms with Crippen LogP contribution in [0, 0.1) is 6.92 Å². The highest BCUT2D eigenvalue weighted by molar-refractivity contribution is 5.87. The van der Waals surface area contributed by atoms with Gasteiger partial charge < -0.3 is 20.2 Å². The molecule has 1 amide bonds. The molecule has 0 aliphatic carbocycles. The average molecular weight is 318 g/mol. The van der Waals surface area contributed by atoms with Crippen molar-refractivity contribution in [1.29, 1.82) is 0 Å². The van der Waals surface area contributed by atoms with Crippen molar-refractivity contribution in [2.75, 3.05) is 7.11 Å². The van der Waals surface area contributed by atoms with Crippen molar-refractivity contribution in [3.8, 4) is 5.75 Å². The van der Waals surface area contributed by atoms with Gasteiger partial charge in [-0.3, -0.25) is 4.79 Å². The minimum absolute atomic E-state index is 0.163. The zero-order chi connectivity index (χ0) is 17.2. The zero-order valence-electron chi connectivity index (χ0n) is 14.5. The van der Waals surface area contributed by atoms with E-state index in [0.29, 0.717) is 6.42 Å². The molecule has 3 N–H and O–H groups in total. The fraction of sp³-hybridized carbons (Fsp3) is 0.500. The van der Waals surface area contributed by atoms with Crippen LogP contribution in [0.15, 0.2) is 22.6 Å². The molecule has 5 nitrogen and oxygen atoms in total. The Morgan fingerprint density at radius 3 is 2.78 bits per heavy atom. The number of nitrogens with one attached hydrogen (secondary N) is 1. The molecule has 0 spiro atoms. The molecule has 0 saturated heterocycles. The highest BCUT2D eigenvalue weighted by Gasteiger charge is 2.29. The number of methoxy groups -OCH3 is 1. The lowest BCUT2D eigenvalue weighted by atomic mass is 9.96. The van der Waals surface area contributed by atoms with Gasteiger partial charge in [0.2, 0.25) is 5.91 Å². The van der Waals surface area contributed by atoms with Gasteiger partial charge in [0.05, 0.1) is 18.7 Å². The monoisotopic (exact) mass is 318 g/mol. The van der Waals surface area contributed by atoms with Crippen LogP contribution >= 0.6 is 0 Å². The predicted molar refractivity (Wildman–Crippen MR) is 91.6 cm³/mol. The van der Waals surface area contributed by atoms with E-state index >= 15 is 0 Å². The number of nitrogens with two attached hydrogens (primary N) is 1. The van der Waals surface area contributed by atoms with Crippen molar-refractivity contribution < 1.29 is 13.9 Å². The zero-order valence-corrected chi connectivity index (χ0v) is 14.5. The van der Waals surface area contributed by atoms with E-state index in [1.807, 2.05) is 39.0 Å². The van der Waals surface area contributed by atoms with Crippen molar-refractivity contribution in [3.63, 3.8) is 0 Å². The molecule has 23 heavy (non-hydrogen) atoms. The van der Waals surface area contributed by atoms with Gasteiger partial charge in [-0.1, -0.05) is 13.3 Å². The third-order valence-electron chi connectivity index (χ3n) is 4.21. The van der Waals surface area contributed by atoms with Crippen LogP contribution < -0.4 is 15.8 Å². The summed E-state index contributed by atoms with van der Waals surface area (Å²) in [5.41, 5.74) is 7.00. The number of rotatable bonds is 6. The van der Waals surface area contributed by atoms with Crippen LogP contribution in [-0.4, -0.2) is 18.6 Å². The molecule has 1 aromatic heterocycles. The minimum atomic E-state index is -0.869. The second-order valence-electron chi connectivity index (χ2n) is 6.32. The number of hydrogen-bond donors (Lipinski definition) is 2. The minimum Gasteiger partial charge on any atom is -0.497 e. The Bertz CT molecular complexity index is 704. The van der Waals surface area contributed by atoms with Gasteiger partial charge in [0.15, 0.2) is 0 Å². The first-order valence-corrected chi connectivity index (χ1v) is 7.97. The SMILES string of the molecule is CCCC(C)(N)C(=O)NC(C)c1oc2ccc(OC)cc2c1C. The van der Waals surface area contributed by atoms with Crippen molar-refractivity contribution in [1.82, 2.24) is 5.32 Å². The van der Waals surface area contributed by atoms with Crippen LogP contribution in [0.3, 0.4) is 0 Å². The van der Waals surface area contributed by atoms with Crippen molar-refractivity contribution in [2.24, 2.45) is 5.73 Å². The summed E-state index contributed by atoms with van der Waals surface area (Å²) in [6, 6.07) is 5.43. The van der Waals surface area contributed by atoms with Gasteiger partial charge in [-0.25, -0.2) is 0 Å². The quantitative estimate of drug-likeness (QED) is 0.855. The first-order valence-electron chi connectivity index (χ1n) is 7.97. The molecule has 0 saturated carbocycles. The predicted octanol–water partition coefficient (Wildman–Crippen LogP) is 3.44. The Morgan fingerprint density at radius 2 is 2.17 bits per heavy atom. The van der Waals surface area contributed by atoms with Crippen LogP contribution in [0.25, 0.3) is 11.0 Å². The summed E-state index contributed by atoms with van der Waals surface area (Å²) in [7, 11) is 1.64. The molecule has 0 radical (unpaired) electrons. The number of furan rings is 1. The van der Waals surface area contributed by atoms with Gasteiger partial charge >= 0.3 is 0 Å². The summed E-state index contributed by atoms with van der Waals surface area (Å²) in [5, 5.41) is 3.95. The fourth-order valence-electron chi connectivity index (χ4n) is 2.82. The molecule has 2 rings (SSSR count). The smallest absolute Gasteiger partial charge is 0.240 e. The van der Waals surface area contributed by atoms with Crippen molar-refractivity contribution in [2.45, 2.75) is 52.1 Å². The second kappa shape index (κ2) is 6.62. The Hall–Kier alpha value is -2.01. The first kappa shape index (κ1) is 17.3. The van der Waals surface area contributed by atoms with E-state index in [0.717, 1.165) is 34.5 Å². The summed E-state index contributed by atoms with van der Waals surface area (Å²) in [5.74, 6) is 1.36. The molecule has 2 aromatic rings. The first-order chi connectivity index (χ1) is 10.8. The average Bonchev–Trinajstić information content (AvgIpc) is 2.83. The number of carbonyl (C=O) groups excluding carboxylic acids is 1. The Labute approximate surface area is 137 Å². The van der Waals surface area contributed by atoms with E-state index in [1.165, 1.54) is 0 Å². The Morgan fingerprint density at radius 1 is 1.48 bits per heavy atom. The van der Waals surface area contributed by atoms with Gasteiger partial charge in [-0.05, 0) is 45.4 Å². The molecule has 0 bridgehead atoms. The molecule has 0 fully saturated rings. The van der Waals surface area contributed by atoms with Crippen LogP contribution in [0.1, 0.15) is 51.0 Å². The van der Waals surface area contributed by atoms with Gasteiger partial charge in [-0.15, -0.1) is 0 Å². The number of aryl methyl sites for hydroxylation is 1. The largest absolute Gasteiger partial charge is 0.497 e. The Balaban J connectivity index is 2.26. The molecular formula is C18H26N2O3. The lowest BCUT2D eigenvalue weighted by molar-refractivity contribution is -0.126. The van der Waals surface area contributed by atoms with Crippen molar-refractivity contribution >= 4 is 16.9 Å². The third-order valence-corrected chi connectivity index (χ3v) is 4.21. The molecule has 1 heterocycles. The fourth-order valence-corrected chi connectivity index (χ4v) is 2.82. The number of ether oxygens (including phenoxy) is 1. The maximum absolute atomic E-state index is 12.4. The van der Waals surface area contributed by atoms with E-state index in [4.69, 9.17) is 14.9 Å². The topological polar surface area (TPSA) is 77.5 Å². The maximum Gasteiger partial charge on any atom is 0.240 e. The van der Waals surface area contributed by atoms with E-state index in [9.17, 15) is 4.79 Å². The summed E-state index contributed by atoms with van der Waals surface area (Å²) < 4.78 is 11.2. The van der Waals surface area contributed by atoms with Crippen LogP contribution in [-0.2, 0) is 4.79 Å².